The summed E-state index contributed by atoms with van der Waals surface area (Å²) in [5.41, 5.74) is 2.11. The van der Waals surface area contributed by atoms with Crippen molar-refractivity contribution in [2.45, 2.75) is 92.5 Å². The summed E-state index contributed by atoms with van der Waals surface area (Å²) < 4.78 is 5.27. The molecule has 0 bridgehead atoms. The van der Waals surface area contributed by atoms with E-state index in [1.165, 1.54) is 0 Å². The van der Waals surface area contributed by atoms with Gasteiger partial charge in [-0.2, -0.15) is 0 Å². The minimum absolute atomic E-state index is 0.0724. The molecule has 2 unspecified atom stereocenters. The van der Waals surface area contributed by atoms with Crippen LogP contribution in [0, 0.1) is 13.8 Å². The van der Waals surface area contributed by atoms with E-state index in [0.29, 0.717) is 13.0 Å². The molecule has 0 spiro atoms. The number of aryl methyl sites for hydroxylation is 2. The Labute approximate surface area is 186 Å². The Morgan fingerprint density at radius 3 is 2.00 bits per heavy atom. The molecule has 2 N–H and O–H groups in total. The molecule has 0 saturated heterocycles. The van der Waals surface area contributed by atoms with Gasteiger partial charge in [0, 0.05) is 12.6 Å². The van der Waals surface area contributed by atoms with E-state index in [4.69, 9.17) is 4.74 Å². The third kappa shape index (κ3) is 8.59. The average Bonchev–Trinajstić information content (AvgIpc) is 2.57. The molecule has 31 heavy (non-hydrogen) atoms. The molecule has 1 rings (SSSR count). The van der Waals surface area contributed by atoms with Crippen LogP contribution in [0.25, 0.3) is 0 Å². The van der Waals surface area contributed by atoms with E-state index in [9.17, 15) is 14.4 Å². The molecule has 0 aromatic heterocycles. The van der Waals surface area contributed by atoms with Gasteiger partial charge in [-0.25, -0.2) is 4.79 Å². The molecule has 7 nitrogen and oxygen atoms in total. The number of nitrogens with one attached hydrogen (secondary N) is 2. The van der Waals surface area contributed by atoms with Crippen LogP contribution in [-0.2, 0) is 14.3 Å². The van der Waals surface area contributed by atoms with Crippen molar-refractivity contribution in [1.82, 2.24) is 15.5 Å². The van der Waals surface area contributed by atoms with Crippen LogP contribution < -0.4 is 10.6 Å². The molecule has 0 saturated carbocycles. The van der Waals surface area contributed by atoms with Crippen LogP contribution in [0.1, 0.15) is 77.6 Å². The van der Waals surface area contributed by atoms with Crippen LogP contribution in [0.15, 0.2) is 18.2 Å². The number of alkyl carbamates (subject to hydrolysis) is 1. The lowest BCUT2D eigenvalue weighted by atomic mass is 9.98. The van der Waals surface area contributed by atoms with Gasteiger partial charge in [-0.15, -0.1) is 0 Å². The first-order chi connectivity index (χ1) is 14.2. The Bertz CT molecular complexity index is 763. The van der Waals surface area contributed by atoms with Crippen molar-refractivity contribution in [2.24, 2.45) is 0 Å². The minimum Gasteiger partial charge on any atom is -0.444 e. The fourth-order valence-electron chi connectivity index (χ4n) is 3.41. The van der Waals surface area contributed by atoms with Gasteiger partial charge in [-0.3, -0.25) is 9.59 Å². The van der Waals surface area contributed by atoms with Gasteiger partial charge < -0.3 is 20.3 Å². The number of amides is 3. The molecule has 0 aliphatic carbocycles. The fraction of sp³-hybridized carbons (Fsp3) is 0.625. The Morgan fingerprint density at radius 2 is 1.55 bits per heavy atom. The molecule has 0 fully saturated rings. The summed E-state index contributed by atoms with van der Waals surface area (Å²) in [6, 6.07) is 4.17. The van der Waals surface area contributed by atoms with E-state index >= 15 is 0 Å². The highest BCUT2D eigenvalue weighted by molar-refractivity contribution is 5.92. The van der Waals surface area contributed by atoms with Gasteiger partial charge in [0.15, 0.2) is 0 Å². The van der Waals surface area contributed by atoms with Crippen molar-refractivity contribution in [1.29, 1.82) is 0 Å². The molecule has 0 heterocycles. The van der Waals surface area contributed by atoms with Crippen molar-refractivity contribution >= 4 is 17.9 Å². The molecule has 3 amide bonds. The van der Waals surface area contributed by atoms with Crippen LogP contribution in [0.2, 0.25) is 0 Å². The van der Waals surface area contributed by atoms with E-state index in [-0.39, 0.29) is 17.9 Å². The van der Waals surface area contributed by atoms with Crippen molar-refractivity contribution in [3.63, 3.8) is 0 Å². The highest BCUT2D eigenvalue weighted by atomic mass is 16.6. The highest BCUT2D eigenvalue weighted by Crippen LogP contribution is 2.25. The van der Waals surface area contributed by atoms with Gasteiger partial charge in [-0.1, -0.05) is 36.2 Å². The predicted octanol–water partition coefficient (Wildman–Crippen LogP) is 4.02. The van der Waals surface area contributed by atoms with Gasteiger partial charge >= 0.3 is 6.09 Å². The number of carbonyl (C=O) groups is 3. The number of ether oxygens (including phenoxy) is 1. The van der Waals surface area contributed by atoms with Crippen LogP contribution in [-0.4, -0.2) is 47.0 Å². The molecule has 0 aliphatic rings. The maximum absolute atomic E-state index is 13.4. The fourth-order valence-corrected chi connectivity index (χ4v) is 3.41. The Kier molecular flexibility index (Phi) is 9.53. The molecule has 1 aromatic carbocycles. The molecule has 0 radical (unpaired) electrons. The van der Waals surface area contributed by atoms with Crippen LogP contribution >= 0.6 is 0 Å². The second kappa shape index (κ2) is 11.2. The number of hydrogen-bond donors (Lipinski definition) is 2. The molecule has 0 aliphatic heterocycles. The predicted molar refractivity (Wildman–Crippen MR) is 123 cm³/mol. The first kappa shape index (κ1) is 26.5. The lowest BCUT2D eigenvalue weighted by Gasteiger charge is -2.34. The summed E-state index contributed by atoms with van der Waals surface area (Å²) in [6.07, 6.45) is 0.000571. The summed E-state index contributed by atoms with van der Waals surface area (Å²) in [7, 11) is 0. The summed E-state index contributed by atoms with van der Waals surface area (Å²) in [4.78, 5) is 40.3. The topological polar surface area (TPSA) is 87.7 Å². The van der Waals surface area contributed by atoms with Gasteiger partial charge in [0.1, 0.15) is 17.7 Å². The first-order valence-electron chi connectivity index (χ1n) is 10.9. The summed E-state index contributed by atoms with van der Waals surface area (Å²) in [5, 5.41) is 5.54. The Morgan fingerprint density at radius 1 is 1.00 bits per heavy atom. The summed E-state index contributed by atoms with van der Waals surface area (Å²) in [5.74, 6) is -0.581. The second-order valence-electron chi connectivity index (χ2n) is 9.39. The van der Waals surface area contributed by atoms with E-state index in [0.717, 1.165) is 16.7 Å². The Balaban J connectivity index is 3.29. The lowest BCUT2D eigenvalue weighted by Crippen LogP contribution is -2.52. The number of rotatable bonds is 8. The monoisotopic (exact) mass is 433 g/mol. The zero-order chi connectivity index (χ0) is 23.9. The molecule has 174 valence electrons. The van der Waals surface area contributed by atoms with Crippen LogP contribution in [0.4, 0.5) is 4.79 Å². The van der Waals surface area contributed by atoms with E-state index in [2.05, 4.69) is 10.6 Å². The maximum atomic E-state index is 13.4. The summed E-state index contributed by atoms with van der Waals surface area (Å²) in [6.45, 7) is 16.9. The van der Waals surface area contributed by atoms with E-state index in [1.54, 1.807) is 32.6 Å². The molecule has 2 atom stereocenters. The van der Waals surface area contributed by atoms with Gasteiger partial charge in [-0.05, 0) is 67.4 Å². The zero-order valence-corrected chi connectivity index (χ0v) is 20.5. The van der Waals surface area contributed by atoms with Crippen LogP contribution in [0.3, 0.4) is 0 Å². The average molecular weight is 434 g/mol. The largest absolute Gasteiger partial charge is 0.444 e. The number of benzene rings is 1. The highest BCUT2D eigenvalue weighted by Gasteiger charge is 2.34. The van der Waals surface area contributed by atoms with Gasteiger partial charge in [0.05, 0.1) is 0 Å². The van der Waals surface area contributed by atoms with Crippen molar-refractivity contribution in [2.75, 3.05) is 6.54 Å². The smallest absolute Gasteiger partial charge is 0.408 e. The second-order valence-corrected chi connectivity index (χ2v) is 9.39. The number of nitrogens with zero attached hydrogens (tertiary/aromatic N) is 1. The third-order valence-electron chi connectivity index (χ3n) is 4.40. The van der Waals surface area contributed by atoms with Crippen LogP contribution in [0.5, 0.6) is 0 Å². The Hall–Kier alpha value is -2.57. The lowest BCUT2D eigenvalue weighted by molar-refractivity contribution is -0.142. The van der Waals surface area contributed by atoms with E-state index in [1.807, 2.05) is 52.8 Å². The van der Waals surface area contributed by atoms with Gasteiger partial charge in [0.25, 0.3) is 0 Å². The SMILES string of the molecule is CCCN(C(=O)C(C)NC(=O)OC(C)(C)C)C(C(=O)NC(C)C)c1cc(C)cc(C)c1. The first-order valence-corrected chi connectivity index (χ1v) is 10.9. The van der Waals surface area contributed by atoms with Gasteiger partial charge in [0.2, 0.25) is 11.8 Å². The van der Waals surface area contributed by atoms with E-state index < -0.39 is 23.8 Å². The molecule has 1 aromatic rings. The zero-order valence-electron chi connectivity index (χ0n) is 20.5. The molecule has 7 heteroatoms. The standard InChI is InChI=1S/C24H39N3O4/c1-10-11-27(22(29)18(6)26-23(30)31-24(7,8)9)20(21(28)25-15(2)3)19-13-16(4)12-17(5)14-19/h12-15,18,20H,10-11H2,1-9H3,(H,25,28)(H,26,30). The minimum atomic E-state index is -0.846. The number of carbonyl (C=O) groups excluding carboxylic acids is 3. The van der Waals surface area contributed by atoms with Crippen molar-refractivity contribution < 1.29 is 19.1 Å². The quantitative estimate of drug-likeness (QED) is 0.648. The summed E-state index contributed by atoms with van der Waals surface area (Å²) >= 11 is 0. The number of hydrogen-bond acceptors (Lipinski definition) is 4. The normalized spacial score (nSPS) is 13.4. The third-order valence-corrected chi connectivity index (χ3v) is 4.40. The molecular formula is C24H39N3O4. The van der Waals surface area contributed by atoms with Crippen molar-refractivity contribution in [3.8, 4) is 0 Å². The maximum Gasteiger partial charge on any atom is 0.408 e. The molecular weight excluding hydrogens is 394 g/mol. The van der Waals surface area contributed by atoms with Crippen molar-refractivity contribution in [3.05, 3.63) is 34.9 Å².